The molecule has 1 aromatic rings. The molecule has 35 heavy (non-hydrogen) atoms. The van der Waals surface area contributed by atoms with Crippen molar-refractivity contribution in [3.8, 4) is 5.75 Å². The molecule has 1 aromatic carbocycles. The van der Waals surface area contributed by atoms with Gasteiger partial charge in [-0.2, -0.15) is 0 Å². The molecule has 0 spiro atoms. The van der Waals surface area contributed by atoms with Crippen LogP contribution in [0.4, 0.5) is 0 Å². The molecule has 1 aliphatic heterocycles. The summed E-state index contributed by atoms with van der Waals surface area (Å²) in [5, 5.41) is 34.2. The maximum atomic E-state index is 13.3. The van der Waals surface area contributed by atoms with Gasteiger partial charge in [-0.05, 0) is 49.8 Å². The van der Waals surface area contributed by atoms with Crippen LogP contribution in [-0.2, 0) is 25.6 Å². The quantitative estimate of drug-likeness (QED) is 0.244. The van der Waals surface area contributed by atoms with Crippen molar-refractivity contribution in [2.45, 2.75) is 76.7 Å². The summed E-state index contributed by atoms with van der Waals surface area (Å²) >= 11 is 0. The first-order valence-corrected chi connectivity index (χ1v) is 11.8. The van der Waals surface area contributed by atoms with E-state index in [9.17, 15) is 34.5 Å². The number of amides is 3. The van der Waals surface area contributed by atoms with E-state index in [1.165, 1.54) is 24.0 Å². The number of nitrogens with one attached hydrogen (secondary N) is 2. The molecular weight excluding hydrogens is 456 g/mol. The van der Waals surface area contributed by atoms with Gasteiger partial charge < -0.3 is 36.6 Å². The average molecular weight is 493 g/mol. The zero-order chi connectivity index (χ0) is 26.3. The fourth-order valence-corrected chi connectivity index (χ4v) is 4.10. The fourth-order valence-electron chi connectivity index (χ4n) is 4.10. The highest BCUT2D eigenvalue weighted by atomic mass is 16.4. The van der Waals surface area contributed by atoms with Crippen molar-refractivity contribution in [3.05, 3.63) is 29.8 Å². The number of carboxylic acid groups (broad SMARTS) is 1. The third kappa shape index (κ3) is 7.93. The summed E-state index contributed by atoms with van der Waals surface area (Å²) in [4.78, 5) is 51.8. The van der Waals surface area contributed by atoms with Gasteiger partial charge in [0.25, 0.3) is 0 Å². The Morgan fingerprint density at radius 1 is 1.09 bits per heavy atom. The summed E-state index contributed by atoms with van der Waals surface area (Å²) in [6.07, 6.45) is -0.0636. The summed E-state index contributed by atoms with van der Waals surface area (Å²) < 4.78 is 0. The minimum absolute atomic E-state index is 0.0149. The van der Waals surface area contributed by atoms with Gasteiger partial charge in [-0.15, -0.1) is 0 Å². The number of benzene rings is 1. The lowest BCUT2D eigenvalue weighted by atomic mass is 10.0. The second-order valence-electron chi connectivity index (χ2n) is 9.42. The Labute approximate surface area is 204 Å². The Balaban J connectivity index is 2.24. The van der Waals surface area contributed by atoms with Crippen molar-refractivity contribution in [1.82, 2.24) is 15.5 Å². The normalized spacial score (nSPS) is 19.0. The minimum atomic E-state index is -1.37. The molecule has 0 bridgehead atoms. The van der Waals surface area contributed by atoms with E-state index in [4.69, 9.17) is 5.73 Å². The monoisotopic (exact) mass is 492 g/mol. The molecular formula is C24H36N4O7. The van der Waals surface area contributed by atoms with Crippen LogP contribution in [0.25, 0.3) is 0 Å². The number of likely N-dealkylation sites (tertiary alicyclic amines) is 1. The van der Waals surface area contributed by atoms with E-state index in [0.29, 0.717) is 24.8 Å². The highest BCUT2D eigenvalue weighted by molar-refractivity contribution is 5.94. The molecule has 5 unspecified atom stereocenters. The smallest absolute Gasteiger partial charge is 0.326 e. The van der Waals surface area contributed by atoms with Crippen LogP contribution in [0.1, 0.15) is 45.6 Å². The Morgan fingerprint density at radius 3 is 2.26 bits per heavy atom. The van der Waals surface area contributed by atoms with Crippen LogP contribution in [0.2, 0.25) is 0 Å². The molecule has 5 atom stereocenters. The summed E-state index contributed by atoms with van der Waals surface area (Å²) in [7, 11) is 0. The number of hydrogen-bond donors (Lipinski definition) is 6. The van der Waals surface area contributed by atoms with Gasteiger partial charge in [0, 0.05) is 13.0 Å². The number of nitrogens with zero attached hydrogens (tertiary/aromatic N) is 1. The number of carbonyl (C=O) groups excluding carboxylic acids is 3. The van der Waals surface area contributed by atoms with Gasteiger partial charge in [0.1, 0.15) is 23.9 Å². The second kappa shape index (κ2) is 12.5. The highest BCUT2D eigenvalue weighted by Gasteiger charge is 2.39. The summed E-state index contributed by atoms with van der Waals surface area (Å²) in [5.41, 5.74) is 6.51. The molecule has 2 rings (SSSR count). The van der Waals surface area contributed by atoms with Crippen LogP contribution < -0.4 is 16.4 Å². The van der Waals surface area contributed by atoms with Crippen molar-refractivity contribution in [2.75, 3.05) is 6.54 Å². The minimum Gasteiger partial charge on any atom is -0.508 e. The number of carboxylic acids is 1. The number of aliphatic hydroxyl groups excluding tert-OH is 1. The van der Waals surface area contributed by atoms with E-state index in [1.807, 2.05) is 13.8 Å². The number of rotatable bonds is 11. The Kier molecular flexibility index (Phi) is 10.0. The number of aliphatic carboxylic acids is 1. The number of phenols is 1. The van der Waals surface area contributed by atoms with Gasteiger partial charge in [0.2, 0.25) is 17.7 Å². The van der Waals surface area contributed by atoms with E-state index in [2.05, 4.69) is 10.6 Å². The number of aliphatic hydroxyl groups is 1. The number of hydrogen-bond acceptors (Lipinski definition) is 7. The number of phenolic OH excluding ortho intramolecular Hbond substituents is 1. The molecule has 11 nitrogen and oxygen atoms in total. The number of aromatic hydroxyl groups is 1. The van der Waals surface area contributed by atoms with Gasteiger partial charge in [-0.1, -0.05) is 26.0 Å². The van der Waals surface area contributed by atoms with Crippen molar-refractivity contribution in [2.24, 2.45) is 11.7 Å². The van der Waals surface area contributed by atoms with Crippen LogP contribution in [0.5, 0.6) is 5.75 Å². The average Bonchev–Trinajstić information content (AvgIpc) is 3.27. The van der Waals surface area contributed by atoms with Crippen molar-refractivity contribution in [1.29, 1.82) is 0 Å². The lowest BCUT2D eigenvalue weighted by Crippen LogP contribution is -2.60. The highest BCUT2D eigenvalue weighted by Crippen LogP contribution is 2.20. The third-order valence-corrected chi connectivity index (χ3v) is 5.94. The van der Waals surface area contributed by atoms with Gasteiger partial charge in [-0.25, -0.2) is 4.79 Å². The largest absolute Gasteiger partial charge is 0.508 e. The van der Waals surface area contributed by atoms with Gasteiger partial charge in [0.05, 0.1) is 12.1 Å². The molecule has 11 heteroatoms. The standard InChI is InChI=1S/C24H36N4O7/c1-13(2)11-17(25)21(31)27-20(14(3)29)22(32)26-18(12-15-6-8-16(30)9-7-15)23(33)28-10-4-5-19(28)24(34)35/h6-9,13-14,17-20,29-30H,4-5,10-12,25H2,1-3H3,(H,26,32)(H,27,31)(H,34,35). The zero-order valence-corrected chi connectivity index (χ0v) is 20.3. The van der Waals surface area contributed by atoms with E-state index in [-0.39, 0.29) is 24.6 Å². The molecule has 0 aromatic heterocycles. The predicted octanol–water partition coefficient (Wildman–Crippen LogP) is -0.266. The van der Waals surface area contributed by atoms with E-state index in [1.54, 1.807) is 12.1 Å². The molecule has 0 radical (unpaired) electrons. The molecule has 0 aliphatic carbocycles. The molecule has 7 N–H and O–H groups in total. The first-order chi connectivity index (χ1) is 16.4. The first kappa shape index (κ1) is 28.1. The lowest BCUT2D eigenvalue weighted by molar-refractivity contribution is -0.149. The Morgan fingerprint density at radius 2 is 1.71 bits per heavy atom. The van der Waals surface area contributed by atoms with Gasteiger partial charge in [-0.3, -0.25) is 14.4 Å². The molecule has 3 amide bonds. The van der Waals surface area contributed by atoms with Crippen molar-refractivity contribution < 1.29 is 34.5 Å². The third-order valence-electron chi connectivity index (χ3n) is 5.94. The van der Waals surface area contributed by atoms with Crippen LogP contribution in [0.3, 0.4) is 0 Å². The van der Waals surface area contributed by atoms with Crippen molar-refractivity contribution >= 4 is 23.7 Å². The first-order valence-electron chi connectivity index (χ1n) is 11.8. The molecule has 1 heterocycles. The van der Waals surface area contributed by atoms with Gasteiger partial charge in [0.15, 0.2) is 0 Å². The summed E-state index contributed by atoms with van der Waals surface area (Å²) in [6.45, 7) is 5.36. The maximum absolute atomic E-state index is 13.3. The summed E-state index contributed by atoms with van der Waals surface area (Å²) in [5.74, 6) is -2.94. The topological polar surface area (TPSA) is 182 Å². The zero-order valence-electron chi connectivity index (χ0n) is 20.3. The Bertz CT molecular complexity index is 904. The SMILES string of the molecule is CC(C)CC(N)C(=O)NC(C(=O)NC(Cc1ccc(O)cc1)C(=O)N1CCCC1C(=O)O)C(C)O. The van der Waals surface area contributed by atoms with Crippen LogP contribution in [0.15, 0.2) is 24.3 Å². The molecule has 1 aliphatic rings. The van der Waals surface area contributed by atoms with Gasteiger partial charge >= 0.3 is 5.97 Å². The molecule has 1 fully saturated rings. The van der Waals surface area contributed by atoms with E-state index >= 15 is 0 Å². The molecule has 194 valence electrons. The fraction of sp³-hybridized carbons (Fsp3) is 0.583. The van der Waals surface area contributed by atoms with Crippen LogP contribution in [-0.4, -0.2) is 80.7 Å². The van der Waals surface area contributed by atoms with Crippen LogP contribution in [0, 0.1) is 5.92 Å². The van der Waals surface area contributed by atoms with Crippen molar-refractivity contribution in [3.63, 3.8) is 0 Å². The Hall–Kier alpha value is -3.18. The van der Waals surface area contributed by atoms with E-state index < -0.39 is 54.0 Å². The van der Waals surface area contributed by atoms with E-state index in [0.717, 1.165) is 0 Å². The predicted molar refractivity (Wildman–Crippen MR) is 127 cm³/mol. The maximum Gasteiger partial charge on any atom is 0.326 e. The summed E-state index contributed by atoms with van der Waals surface area (Å²) in [6, 6.07) is 1.63. The number of carbonyl (C=O) groups is 4. The number of nitrogens with two attached hydrogens (primary N) is 1. The second-order valence-corrected chi connectivity index (χ2v) is 9.42. The molecule has 0 saturated carbocycles. The van der Waals surface area contributed by atoms with Crippen LogP contribution >= 0.6 is 0 Å². The molecule has 1 saturated heterocycles. The lowest BCUT2D eigenvalue weighted by Gasteiger charge is -2.29.